The fraction of sp³-hybridized carbons (Fsp3) is 0.0400. The van der Waals surface area contributed by atoms with Gasteiger partial charge in [0.1, 0.15) is 10.6 Å². The van der Waals surface area contributed by atoms with Crippen molar-refractivity contribution < 1.29 is 19.1 Å². The van der Waals surface area contributed by atoms with E-state index in [1.165, 1.54) is 17.6 Å². The molecule has 0 aliphatic carbocycles. The summed E-state index contributed by atoms with van der Waals surface area (Å²) in [6.07, 6.45) is 1.28. The number of nitrogens with one attached hydrogen (secondary N) is 2. The van der Waals surface area contributed by atoms with E-state index in [9.17, 15) is 14.4 Å². The summed E-state index contributed by atoms with van der Waals surface area (Å²) in [4.78, 5) is 37.2. The molecule has 0 unspecified atom stereocenters. The van der Waals surface area contributed by atoms with E-state index in [1.54, 1.807) is 42.5 Å². The Kier molecular flexibility index (Phi) is 7.01. The van der Waals surface area contributed by atoms with Crippen LogP contribution in [0, 0.1) is 6.92 Å². The van der Waals surface area contributed by atoms with E-state index in [0.29, 0.717) is 16.3 Å². The maximum atomic E-state index is 12.8. The monoisotopic (exact) mass is 491 g/mol. The first kappa shape index (κ1) is 23.2. The molecule has 4 aromatic rings. The number of ether oxygens (including phenoxy) is 1. The number of para-hydroxylation sites is 1. The molecule has 0 aliphatic heterocycles. The number of hydrogen-bond acceptors (Lipinski definition) is 6. The van der Waals surface area contributed by atoms with Crippen molar-refractivity contribution in [2.45, 2.75) is 6.92 Å². The molecule has 0 bridgehead atoms. The van der Waals surface area contributed by atoms with Crippen molar-refractivity contribution in [3.63, 3.8) is 0 Å². The standard InChI is InChI=1S/C25H18ClN3O4S/c1-15-7-6-9-17(13-15)28-23(30)24(31)29-27-14-16-8-2-4-11-19(16)33-25(32)22-21(26)18-10-3-5-12-20(18)34-22/h2-14H,1H3,(H,28,30)(H,29,31)/b27-14-. The molecule has 170 valence electrons. The Hall–Kier alpha value is -4.01. The molecule has 0 atom stereocenters. The van der Waals surface area contributed by atoms with E-state index < -0.39 is 17.8 Å². The summed E-state index contributed by atoms with van der Waals surface area (Å²) in [5.41, 5.74) is 4.03. The highest BCUT2D eigenvalue weighted by Gasteiger charge is 2.20. The van der Waals surface area contributed by atoms with Crippen molar-refractivity contribution in [1.82, 2.24) is 5.43 Å². The summed E-state index contributed by atoms with van der Waals surface area (Å²) in [5.74, 6) is -2.18. The molecule has 0 radical (unpaired) electrons. The third-order valence-corrected chi connectivity index (χ3v) is 6.35. The van der Waals surface area contributed by atoms with E-state index in [1.807, 2.05) is 37.3 Å². The van der Waals surface area contributed by atoms with Gasteiger partial charge in [0.25, 0.3) is 0 Å². The van der Waals surface area contributed by atoms with Crippen molar-refractivity contribution in [3.8, 4) is 5.75 Å². The second-order valence-corrected chi connectivity index (χ2v) is 8.62. The summed E-state index contributed by atoms with van der Waals surface area (Å²) < 4.78 is 6.42. The van der Waals surface area contributed by atoms with Gasteiger partial charge in [0.15, 0.2) is 0 Å². The Balaban J connectivity index is 1.42. The van der Waals surface area contributed by atoms with Crippen molar-refractivity contribution >= 4 is 62.7 Å². The van der Waals surface area contributed by atoms with Gasteiger partial charge in [0.2, 0.25) is 0 Å². The minimum absolute atomic E-state index is 0.225. The van der Waals surface area contributed by atoms with Crippen LogP contribution in [0.4, 0.5) is 5.69 Å². The zero-order valence-electron chi connectivity index (χ0n) is 17.9. The number of benzene rings is 3. The zero-order valence-corrected chi connectivity index (χ0v) is 19.4. The van der Waals surface area contributed by atoms with Gasteiger partial charge in [-0.25, -0.2) is 10.2 Å². The number of hydrazone groups is 1. The van der Waals surface area contributed by atoms with Crippen LogP contribution in [0.15, 0.2) is 77.9 Å². The number of nitrogens with zero attached hydrogens (tertiary/aromatic N) is 1. The van der Waals surface area contributed by atoms with Gasteiger partial charge in [-0.05, 0) is 42.8 Å². The summed E-state index contributed by atoms with van der Waals surface area (Å²) in [6.45, 7) is 1.87. The number of halogens is 1. The molecule has 0 fully saturated rings. The van der Waals surface area contributed by atoms with Crippen LogP contribution >= 0.6 is 22.9 Å². The number of rotatable bonds is 5. The van der Waals surface area contributed by atoms with Gasteiger partial charge in [-0.1, -0.05) is 54.1 Å². The molecule has 3 aromatic carbocycles. The van der Waals surface area contributed by atoms with E-state index in [-0.39, 0.29) is 10.6 Å². The lowest BCUT2D eigenvalue weighted by Crippen LogP contribution is -2.32. The van der Waals surface area contributed by atoms with Crippen molar-refractivity contribution in [2.75, 3.05) is 5.32 Å². The molecular weight excluding hydrogens is 474 g/mol. The predicted octanol–water partition coefficient (Wildman–Crippen LogP) is 5.17. The number of thiophene rings is 1. The van der Waals surface area contributed by atoms with Crippen LogP contribution in [0.2, 0.25) is 5.02 Å². The van der Waals surface area contributed by atoms with Crippen LogP contribution in [-0.2, 0) is 9.59 Å². The Morgan fingerprint density at radius 1 is 0.971 bits per heavy atom. The van der Waals surface area contributed by atoms with Gasteiger partial charge in [0.05, 0.1) is 11.2 Å². The number of amides is 2. The van der Waals surface area contributed by atoms with Gasteiger partial charge in [-0.15, -0.1) is 11.3 Å². The normalized spacial score (nSPS) is 10.9. The summed E-state index contributed by atoms with van der Waals surface area (Å²) in [7, 11) is 0. The predicted molar refractivity (Wildman–Crippen MR) is 134 cm³/mol. The van der Waals surface area contributed by atoms with Gasteiger partial charge < -0.3 is 10.1 Å². The molecular formula is C25H18ClN3O4S. The van der Waals surface area contributed by atoms with E-state index in [2.05, 4.69) is 15.8 Å². The number of carbonyl (C=O) groups excluding carboxylic acids is 3. The first-order chi connectivity index (χ1) is 16.4. The number of anilines is 1. The minimum Gasteiger partial charge on any atom is -0.422 e. The first-order valence-corrected chi connectivity index (χ1v) is 11.3. The Morgan fingerprint density at radius 3 is 2.53 bits per heavy atom. The van der Waals surface area contributed by atoms with E-state index in [4.69, 9.17) is 16.3 Å². The largest absolute Gasteiger partial charge is 0.422 e. The average Bonchev–Trinajstić information content (AvgIpc) is 3.17. The molecule has 0 saturated heterocycles. The van der Waals surface area contributed by atoms with Crippen LogP contribution in [0.5, 0.6) is 5.75 Å². The molecule has 0 spiro atoms. The summed E-state index contributed by atoms with van der Waals surface area (Å²) in [5, 5.41) is 7.43. The Labute approximate surface area is 204 Å². The molecule has 2 amide bonds. The molecule has 9 heteroatoms. The van der Waals surface area contributed by atoms with E-state index in [0.717, 1.165) is 15.6 Å². The third kappa shape index (κ3) is 5.31. The van der Waals surface area contributed by atoms with Crippen LogP contribution in [0.1, 0.15) is 20.8 Å². The van der Waals surface area contributed by atoms with Gasteiger partial charge >= 0.3 is 17.8 Å². The maximum Gasteiger partial charge on any atom is 0.355 e. The SMILES string of the molecule is Cc1cccc(NC(=O)C(=O)N/N=C\c2ccccc2OC(=O)c2sc3ccccc3c2Cl)c1. The van der Waals surface area contributed by atoms with Gasteiger partial charge in [0, 0.05) is 21.3 Å². The molecule has 7 nitrogen and oxygen atoms in total. The first-order valence-electron chi connectivity index (χ1n) is 10.1. The lowest BCUT2D eigenvalue weighted by atomic mass is 10.2. The summed E-state index contributed by atoms with van der Waals surface area (Å²) >= 11 is 7.61. The molecule has 34 heavy (non-hydrogen) atoms. The number of carbonyl (C=O) groups is 3. The van der Waals surface area contributed by atoms with Crippen LogP contribution < -0.4 is 15.5 Å². The van der Waals surface area contributed by atoms with Crippen LogP contribution in [0.25, 0.3) is 10.1 Å². The minimum atomic E-state index is -0.940. The van der Waals surface area contributed by atoms with Crippen molar-refractivity contribution in [1.29, 1.82) is 0 Å². The van der Waals surface area contributed by atoms with Crippen LogP contribution in [0.3, 0.4) is 0 Å². The smallest absolute Gasteiger partial charge is 0.355 e. The quantitative estimate of drug-likeness (QED) is 0.132. The zero-order chi connectivity index (χ0) is 24.1. The maximum absolute atomic E-state index is 12.8. The number of esters is 1. The highest BCUT2D eigenvalue weighted by Crippen LogP contribution is 2.36. The molecule has 1 aromatic heterocycles. The second-order valence-electron chi connectivity index (χ2n) is 7.19. The fourth-order valence-electron chi connectivity index (χ4n) is 3.09. The third-order valence-electron chi connectivity index (χ3n) is 4.69. The molecule has 0 aliphatic rings. The number of hydrogen-bond donors (Lipinski definition) is 2. The average molecular weight is 492 g/mol. The van der Waals surface area contributed by atoms with Gasteiger partial charge in [-0.3, -0.25) is 9.59 Å². The fourth-order valence-corrected chi connectivity index (χ4v) is 4.48. The van der Waals surface area contributed by atoms with Crippen molar-refractivity contribution in [3.05, 3.63) is 93.8 Å². The molecule has 2 N–H and O–H groups in total. The summed E-state index contributed by atoms with van der Waals surface area (Å²) in [6, 6.07) is 21.1. The molecule has 1 heterocycles. The van der Waals surface area contributed by atoms with E-state index >= 15 is 0 Å². The lowest BCUT2D eigenvalue weighted by molar-refractivity contribution is -0.136. The Morgan fingerprint density at radius 2 is 1.74 bits per heavy atom. The highest BCUT2D eigenvalue weighted by molar-refractivity contribution is 7.21. The molecule has 0 saturated carbocycles. The number of fused-ring (bicyclic) bond motifs is 1. The van der Waals surface area contributed by atoms with Crippen molar-refractivity contribution in [2.24, 2.45) is 5.10 Å². The second kappa shape index (κ2) is 10.3. The molecule has 4 rings (SSSR count). The highest BCUT2D eigenvalue weighted by atomic mass is 35.5. The van der Waals surface area contributed by atoms with Crippen LogP contribution in [-0.4, -0.2) is 24.0 Å². The van der Waals surface area contributed by atoms with Gasteiger partial charge in [-0.2, -0.15) is 5.10 Å². The number of aryl methyl sites for hydroxylation is 1. The Bertz CT molecular complexity index is 1430. The topological polar surface area (TPSA) is 96.9 Å². The lowest BCUT2D eigenvalue weighted by Gasteiger charge is -2.07.